The van der Waals surface area contributed by atoms with Gasteiger partial charge in [0.1, 0.15) is 0 Å². The molecule has 1 aliphatic carbocycles. The second kappa shape index (κ2) is 7.10. The zero-order valence-corrected chi connectivity index (χ0v) is 11.2. The summed E-state index contributed by atoms with van der Waals surface area (Å²) in [7, 11) is 0. The lowest BCUT2D eigenvalue weighted by Crippen LogP contribution is -2.39. The molecule has 1 saturated carbocycles. The van der Waals surface area contributed by atoms with Crippen LogP contribution in [0.15, 0.2) is 0 Å². The molecule has 2 aliphatic rings. The van der Waals surface area contributed by atoms with E-state index in [2.05, 4.69) is 10.6 Å². The van der Waals surface area contributed by atoms with E-state index in [1.165, 1.54) is 12.8 Å². The maximum atomic E-state index is 11.8. The Kier molecular flexibility index (Phi) is 5.45. The number of nitrogens with one attached hydrogen (secondary N) is 2. The molecule has 4 nitrogen and oxygen atoms in total. The summed E-state index contributed by atoms with van der Waals surface area (Å²) in [5, 5.41) is 16.2. The molecule has 2 fully saturated rings. The average molecular weight is 254 g/mol. The second-order valence-corrected chi connectivity index (χ2v) is 5.83. The first-order valence-electron chi connectivity index (χ1n) is 7.41. The van der Waals surface area contributed by atoms with Crippen molar-refractivity contribution >= 4 is 5.91 Å². The van der Waals surface area contributed by atoms with Crippen molar-refractivity contribution in [3.63, 3.8) is 0 Å². The van der Waals surface area contributed by atoms with Crippen molar-refractivity contribution in [2.45, 2.75) is 51.0 Å². The van der Waals surface area contributed by atoms with Crippen molar-refractivity contribution in [3.05, 3.63) is 0 Å². The Balaban J connectivity index is 1.64. The van der Waals surface area contributed by atoms with Crippen LogP contribution in [0.25, 0.3) is 0 Å². The molecule has 0 aromatic heterocycles. The molecule has 0 aromatic rings. The molecule has 1 amide bonds. The number of aliphatic hydroxyl groups excluding tert-OH is 1. The van der Waals surface area contributed by atoms with E-state index in [0.29, 0.717) is 18.9 Å². The number of aliphatic hydroxyl groups is 1. The minimum Gasteiger partial charge on any atom is -0.393 e. The molecular formula is C14H26N2O2. The number of hydrogen-bond donors (Lipinski definition) is 3. The minimum absolute atomic E-state index is 0.154. The summed E-state index contributed by atoms with van der Waals surface area (Å²) in [6, 6.07) is 0. The molecule has 4 heteroatoms. The summed E-state index contributed by atoms with van der Waals surface area (Å²) in [4.78, 5) is 11.8. The van der Waals surface area contributed by atoms with Crippen LogP contribution in [0.2, 0.25) is 0 Å². The molecule has 2 rings (SSSR count). The third kappa shape index (κ3) is 4.25. The largest absolute Gasteiger partial charge is 0.393 e. The van der Waals surface area contributed by atoms with E-state index in [-0.39, 0.29) is 17.9 Å². The van der Waals surface area contributed by atoms with E-state index < -0.39 is 0 Å². The van der Waals surface area contributed by atoms with Crippen LogP contribution in [-0.2, 0) is 4.79 Å². The molecule has 104 valence electrons. The molecule has 0 aromatic carbocycles. The van der Waals surface area contributed by atoms with Crippen LogP contribution in [0.5, 0.6) is 0 Å². The Bertz CT molecular complexity index is 265. The van der Waals surface area contributed by atoms with Crippen LogP contribution in [0.3, 0.4) is 0 Å². The van der Waals surface area contributed by atoms with E-state index >= 15 is 0 Å². The summed E-state index contributed by atoms with van der Waals surface area (Å²) >= 11 is 0. The molecule has 3 atom stereocenters. The van der Waals surface area contributed by atoms with Crippen LogP contribution in [0, 0.1) is 11.8 Å². The Labute approximate surface area is 110 Å². The van der Waals surface area contributed by atoms with Gasteiger partial charge in [-0.15, -0.1) is 0 Å². The maximum absolute atomic E-state index is 11.8. The van der Waals surface area contributed by atoms with E-state index in [1.54, 1.807) is 0 Å². The number of rotatable bonds is 4. The smallest absolute Gasteiger partial charge is 0.220 e. The monoisotopic (exact) mass is 254 g/mol. The lowest BCUT2D eigenvalue weighted by Gasteiger charge is -2.28. The van der Waals surface area contributed by atoms with Gasteiger partial charge in [0.15, 0.2) is 0 Å². The Morgan fingerprint density at radius 3 is 2.78 bits per heavy atom. The molecule has 1 heterocycles. The highest BCUT2D eigenvalue weighted by molar-refractivity contribution is 5.76. The Hall–Kier alpha value is -0.610. The summed E-state index contributed by atoms with van der Waals surface area (Å²) in [6.07, 6.45) is 7.01. The topological polar surface area (TPSA) is 61.4 Å². The molecular weight excluding hydrogens is 228 g/mol. The van der Waals surface area contributed by atoms with Crippen molar-refractivity contribution in [2.24, 2.45) is 11.8 Å². The van der Waals surface area contributed by atoms with Crippen LogP contribution >= 0.6 is 0 Å². The van der Waals surface area contributed by atoms with Crippen molar-refractivity contribution in [3.8, 4) is 0 Å². The number of hydrogen-bond acceptors (Lipinski definition) is 3. The van der Waals surface area contributed by atoms with E-state index in [9.17, 15) is 9.90 Å². The van der Waals surface area contributed by atoms with Crippen molar-refractivity contribution < 1.29 is 9.90 Å². The molecule has 0 bridgehead atoms. The first kappa shape index (κ1) is 13.8. The van der Waals surface area contributed by atoms with Gasteiger partial charge in [0.25, 0.3) is 0 Å². The van der Waals surface area contributed by atoms with E-state index in [0.717, 1.165) is 38.8 Å². The van der Waals surface area contributed by atoms with E-state index in [1.807, 2.05) is 0 Å². The van der Waals surface area contributed by atoms with Gasteiger partial charge in [0, 0.05) is 18.9 Å². The normalized spacial score (nSPS) is 33.1. The second-order valence-electron chi connectivity index (χ2n) is 5.83. The molecule has 1 saturated heterocycles. The van der Waals surface area contributed by atoms with Crippen molar-refractivity contribution in [2.75, 3.05) is 19.6 Å². The van der Waals surface area contributed by atoms with Gasteiger partial charge in [0.2, 0.25) is 5.91 Å². The molecule has 3 N–H and O–H groups in total. The first-order valence-corrected chi connectivity index (χ1v) is 7.41. The number of carbonyl (C=O) groups is 1. The molecule has 1 aliphatic heterocycles. The van der Waals surface area contributed by atoms with Gasteiger partial charge in [0.05, 0.1) is 6.10 Å². The van der Waals surface area contributed by atoms with Gasteiger partial charge in [-0.05, 0) is 44.7 Å². The summed E-state index contributed by atoms with van der Waals surface area (Å²) in [5.41, 5.74) is 0. The molecule has 18 heavy (non-hydrogen) atoms. The lowest BCUT2D eigenvalue weighted by atomic mass is 9.86. The highest BCUT2D eigenvalue weighted by atomic mass is 16.3. The number of carbonyl (C=O) groups excluding carboxylic acids is 1. The first-order chi connectivity index (χ1) is 8.75. The standard InChI is InChI=1S/C14H26N2O2/c17-13-6-2-1-5-12(13)10-16-14(18)8-11-4-3-7-15-9-11/h11-13,15,17H,1-10H2,(H,16,18). The maximum Gasteiger partial charge on any atom is 0.220 e. The molecule has 0 spiro atoms. The number of amides is 1. The van der Waals surface area contributed by atoms with Crippen LogP contribution in [0.4, 0.5) is 0 Å². The minimum atomic E-state index is -0.213. The summed E-state index contributed by atoms with van der Waals surface area (Å²) < 4.78 is 0. The lowest BCUT2D eigenvalue weighted by molar-refractivity contribution is -0.122. The summed E-state index contributed by atoms with van der Waals surface area (Å²) in [6.45, 7) is 2.71. The van der Waals surface area contributed by atoms with Gasteiger partial charge >= 0.3 is 0 Å². The highest BCUT2D eigenvalue weighted by Crippen LogP contribution is 2.23. The number of piperidine rings is 1. The fourth-order valence-electron chi connectivity index (χ4n) is 3.10. The van der Waals surface area contributed by atoms with Gasteiger partial charge in [-0.1, -0.05) is 12.8 Å². The van der Waals surface area contributed by atoms with E-state index in [4.69, 9.17) is 0 Å². The third-order valence-corrected chi connectivity index (χ3v) is 4.30. The highest BCUT2D eigenvalue weighted by Gasteiger charge is 2.24. The molecule has 0 radical (unpaired) electrons. The predicted octanol–water partition coefficient (Wildman–Crippen LogP) is 1.04. The Morgan fingerprint density at radius 1 is 1.22 bits per heavy atom. The molecule has 3 unspecified atom stereocenters. The van der Waals surface area contributed by atoms with Gasteiger partial charge < -0.3 is 15.7 Å². The van der Waals surface area contributed by atoms with Gasteiger partial charge in [-0.2, -0.15) is 0 Å². The van der Waals surface area contributed by atoms with Gasteiger partial charge in [-0.3, -0.25) is 4.79 Å². The summed E-state index contributed by atoms with van der Waals surface area (Å²) in [5.74, 6) is 0.920. The zero-order valence-electron chi connectivity index (χ0n) is 11.2. The quantitative estimate of drug-likeness (QED) is 0.702. The Morgan fingerprint density at radius 2 is 2.06 bits per heavy atom. The fraction of sp³-hybridized carbons (Fsp3) is 0.929. The zero-order chi connectivity index (χ0) is 12.8. The van der Waals surface area contributed by atoms with Crippen LogP contribution in [-0.4, -0.2) is 36.8 Å². The SMILES string of the molecule is O=C(CC1CCCNC1)NCC1CCCCC1O. The van der Waals surface area contributed by atoms with Crippen LogP contribution in [0.1, 0.15) is 44.9 Å². The predicted molar refractivity (Wildman–Crippen MR) is 71.2 cm³/mol. The van der Waals surface area contributed by atoms with Crippen molar-refractivity contribution in [1.82, 2.24) is 10.6 Å². The fourth-order valence-corrected chi connectivity index (χ4v) is 3.10. The average Bonchev–Trinajstić information content (AvgIpc) is 2.39. The van der Waals surface area contributed by atoms with Crippen molar-refractivity contribution in [1.29, 1.82) is 0 Å². The third-order valence-electron chi connectivity index (χ3n) is 4.30. The van der Waals surface area contributed by atoms with Crippen LogP contribution < -0.4 is 10.6 Å². The van der Waals surface area contributed by atoms with Gasteiger partial charge in [-0.25, -0.2) is 0 Å².